The number of nitriles is 1. The fraction of sp³-hybridized carbons (Fsp3) is 0.0909. The van der Waals surface area contributed by atoms with Crippen LogP contribution >= 0.6 is 0 Å². The van der Waals surface area contributed by atoms with Gasteiger partial charge in [-0.2, -0.15) is 5.26 Å². The fourth-order valence-corrected chi connectivity index (χ4v) is 8.15. The molecule has 3 aliphatic heterocycles. The standard InChI is InChI=1S/C44H30N5/c45-24-28-16-19-32(20-17-28)49-41-14-5-2-10-36(41)43-35-9-1-4-13-40(35)48(42-15-6-3-11-37(42)44(43)49)33-23-31-22-29(18-21-39(31)47-26-33)34-12-7-8-30-25-46-27-38(30)34/h2-8,10-23,25,27,33H,1,9,26H2/q+1. The van der Waals surface area contributed by atoms with Crippen LogP contribution in [0.15, 0.2) is 132 Å². The van der Waals surface area contributed by atoms with Gasteiger partial charge >= 0.3 is 12.4 Å². The monoisotopic (exact) mass is 628 g/mol. The molecule has 5 nitrogen and oxygen atoms in total. The minimum absolute atomic E-state index is 0.0201. The van der Waals surface area contributed by atoms with Gasteiger partial charge in [0.15, 0.2) is 0 Å². The highest BCUT2D eigenvalue weighted by atomic mass is 15.2. The summed E-state index contributed by atoms with van der Waals surface area (Å²) in [4.78, 5) is 7.72. The highest BCUT2D eigenvalue weighted by Crippen LogP contribution is 2.50. The Morgan fingerprint density at radius 1 is 0.837 bits per heavy atom. The number of nitrogens with zero attached hydrogens (tertiary/aromatic N) is 5. The maximum Gasteiger partial charge on any atom is 0.301 e. The van der Waals surface area contributed by atoms with Crippen LogP contribution in [0.1, 0.15) is 35.1 Å². The molecule has 0 bridgehead atoms. The van der Waals surface area contributed by atoms with E-state index in [1.807, 2.05) is 24.6 Å². The lowest BCUT2D eigenvalue weighted by atomic mass is 9.91. The summed E-state index contributed by atoms with van der Waals surface area (Å²) in [7, 11) is 0. The molecular formula is C44H30N5+. The zero-order chi connectivity index (χ0) is 32.5. The predicted molar refractivity (Wildman–Crippen MR) is 199 cm³/mol. The second-order valence-corrected chi connectivity index (χ2v) is 13.0. The first-order valence-electron chi connectivity index (χ1n) is 16.9. The van der Waals surface area contributed by atoms with Crippen molar-refractivity contribution < 1.29 is 0 Å². The second-order valence-electron chi connectivity index (χ2n) is 13.0. The van der Waals surface area contributed by atoms with Crippen LogP contribution in [0.25, 0.3) is 50.6 Å². The van der Waals surface area contributed by atoms with Gasteiger partial charge in [-0.3, -0.25) is 4.99 Å². The van der Waals surface area contributed by atoms with Crippen LogP contribution in [-0.2, 0) is 0 Å². The smallest absolute Gasteiger partial charge is 0.301 e. The van der Waals surface area contributed by atoms with Gasteiger partial charge in [-0.05, 0) is 95.4 Å². The Bertz CT molecular complexity index is 2690. The van der Waals surface area contributed by atoms with E-state index >= 15 is 0 Å². The average Bonchev–Trinajstić information content (AvgIpc) is 3.75. The number of hydrogen-bond acceptors (Lipinski definition) is 3. The Balaban J connectivity index is 1.20. The number of allylic oxidation sites excluding steroid dienone is 3. The quantitative estimate of drug-likeness (QED) is 0.196. The molecule has 0 spiro atoms. The number of fused-ring (bicyclic) bond motifs is 8. The summed E-state index contributed by atoms with van der Waals surface area (Å²) in [6, 6.07) is 40.9. The summed E-state index contributed by atoms with van der Waals surface area (Å²) in [5.74, 6) is 0. The fourth-order valence-electron chi connectivity index (χ4n) is 8.15. The van der Waals surface area contributed by atoms with Crippen molar-refractivity contribution in [2.24, 2.45) is 4.99 Å². The summed E-state index contributed by atoms with van der Waals surface area (Å²) in [5.41, 5.74) is 15.0. The molecule has 0 amide bonds. The Morgan fingerprint density at radius 3 is 2.61 bits per heavy atom. The van der Waals surface area contributed by atoms with Crippen molar-refractivity contribution in [3.8, 4) is 34.1 Å². The van der Waals surface area contributed by atoms with Crippen molar-refractivity contribution in [1.82, 2.24) is 9.24 Å². The molecule has 0 saturated carbocycles. The van der Waals surface area contributed by atoms with E-state index in [1.54, 1.807) is 0 Å². The Hall–Kier alpha value is -6.47. The first-order chi connectivity index (χ1) is 24.3. The normalized spacial score (nSPS) is 16.6. The van der Waals surface area contributed by atoms with Crippen molar-refractivity contribution in [3.63, 3.8) is 0 Å². The lowest BCUT2D eigenvalue weighted by molar-refractivity contribution is 0.765. The maximum absolute atomic E-state index is 9.55. The van der Waals surface area contributed by atoms with Crippen molar-refractivity contribution in [2.75, 3.05) is 11.4 Å². The van der Waals surface area contributed by atoms with Crippen LogP contribution in [0, 0.1) is 11.3 Å². The van der Waals surface area contributed by atoms with E-state index in [1.165, 1.54) is 55.9 Å². The largest absolute Gasteiger partial charge is 0.332 e. The summed E-state index contributed by atoms with van der Waals surface area (Å²) >= 11 is 0. The van der Waals surface area contributed by atoms with E-state index in [-0.39, 0.29) is 6.04 Å². The van der Waals surface area contributed by atoms with Crippen LogP contribution in [0.4, 0.5) is 5.69 Å². The maximum atomic E-state index is 9.55. The van der Waals surface area contributed by atoms with Crippen molar-refractivity contribution in [1.29, 1.82) is 5.26 Å². The van der Waals surface area contributed by atoms with Gasteiger partial charge in [-0.25, -0.2) is 0 Å². The zero-order valence-electron chi connectivity index (χ0n) is 26.7. The molecule has 10 rings (SSSR count). The van der Waals surface area contributed by atoms with Gasteiger partial charge < -0.3 is 9.47 Å². The highest BCUT2D eigenvalue weighted by Gasteiger charge is 2.34. The molecular weight excluding hydrogens is 599 g/mol. The molecule has 1 unspecified atom stereocenters. The third kappa shape index (κ3) is 4.18. The molecule has 4 heterocycles. The third-order valence-corrected chi connectivity index (χ3v) is 10.3. The molecule has 49 heavy (non-hydrogen) atoms. The number of anilines is 1. The summed E-state index contributed by atoms with van der Waals surface area (Å²) in [5, 5.41) is 13.0. The lowest BCUT2D eigenvalue weighted by Crippen LogP contribution is -2.42. The van der Waals surface area contributed by atoms with Gasteiger partial charge in [0.1, 0.15) is 0 Å². The molecule has 1 aliphatic carbocycles. The molecule has 5 aromatic carbocycles. The van der Waals surface area contributed by atoms with Gasteiger partial charge in [0.25, 0.3) is 0 Å². The topological polar surface area (TPSA) is 58.4 Å². The van der Waals surface area contributed by atoms with E-state index in [9.17, 15) is 5.26 Å². The van der Waals surface area contributed by atoms with E-state index in [0.717, 1.165) is 40.2 Å². The average molecular weight is 629 g/mol. The molecule has 1 aromatic heterocycles. The number of hydrogen-bond donors (Lipinski definition) is 0. The predicted octanol–water partition coefficient (Wildman–Crippen LogP) is 7.12. The number of aromatic nitrogens is 1. The Morgan fingerprint density at radius 2 is 1.69 bits per heavy atom. The van der Waals surface area contributed by atoms with Crippen molar-refractivity contribution in [3.05, 3.63) is 160 Å². The minimum atomic E-state index is 0.0201. The SMILES string of the molecule is N#Cc1ccc(-n2c3c(c4ccccc42)C2=C(C=CCC2)N(C2C=c4cc(-c5cccc6c5C=[N+]=C6)ccc4=NC2)c2ccccc2-3)cc1. The van der Waals surface area contributed by atoms with E-state index in [0.29, 0.717) is 12.1 Å². The molecule has 4 aliphatic rings. The Kier molecular flexibility index (Phi) is 6.08. The van der Waals surface area contributed by atoms with Crippen molar-refractivity contribution >= 4 is 40.7 Å². The van der Waals surface area contributed by atoms with Gasteiger partial charge in [0, 0.05) is 27.9 Å². The van der Waals surface area contributed by atoms with Crippen LogP contribution in [0.3, 0.4) is 0 Å². The van der Waals surface area contributed by atoms with Crippen LogP contribution < -0.4 is 20.1 Å². The van der Waals surface area contributed by atoms with Gasteiger partial charge in [-0.1, -0.05) is 71.4 Å². The first-order valence-corrected chi connectivity index (χ1v) is 16.9. The van der Waals surface area contributed by atoms with Crippen LogP contribution in [0.2, 0.25) is 0 Å². The van der Waals surface area contributed by atoms with Gasteiger partial charge in [0.2, 0.25) is 0 Å². The number of benzene rings is 5. The summed E-state index contributed by atoms with van der Waals surface area (Å²) in [6.45, 7) is 0.661. The van der Waals surface area contributed by atoms with Gasteiger partial charge in [-0.15, -0.1) is 0 Å². The molecule has 230 valence electrons. The first kappa shape index (κ1) is 27.6. The van der Waals surface area contributed by atoms with E-state index < -0.39 is 0 Å². The summed E-state index contributed by atoms with van der Waals surface area (Å²) in [6.07, 6.45) is 12.9. The molecule has 0 saturated heterocycles. The number of rotatable bonds is 3. The summed E-state index contributed by atoms with van der Waals surface area (Å²) < 4.78 is 6.82. The third-order valence-electron chi connectivity index (χ3n) is 10.3. The van der Waals surface area contributed by atoms with E-state index in [4.69, 9.17) is 4.99 Å². The minimum Gasteiger partial charge on any atom is -0.332 e. The van der Waals surface area contributed by atoms with Crippen molar-refractivity contribution in [2.45, 2.75) is 18.9 Å². The van der Waals surface area contributed by atoms with Crippen LogP contribution in [0.5, 0.6) is 0 Å². The zero-order valence-corrected chi connectivity index (χ0v) is 26.7. The number of para-hydroxylation sites is 2. The molecule has 5 heteroatoms. The van der Waals surface area contributed by atoms with E-state index in [2.05, 4.69) is 135 Å². The molecule has 6 aromatic rings. The second kappa shape index (κ2) is 10.8. The molecule has 0 radical (unpaired) electrons. The molecule has 1 atom stereocenters. The highest BCUT2D eigenvalue weighted by molar-refractivity contribution is 6.07. The Labute approximate surface area is 283 Å². The van der Waals surface area contributed by atoms with Gasteiger partial charge in [0.05, 0.1) is 57.6 Å². The molecule has 0 fully saturated rings. The molecule has 0 N–H and O–H groups in total. The lowest BCUT2D eigenvalue weighted by Gasteiger charge is -2.35. The van der Waals surface area contributed by atoms with Crippen LogP contribution in [-0.4, -0.2) is 29.6 Å².